The Morgan fingerprint density at radius 2 is 1.74 bits per heavy atom. The monoisotopic (exact) mass is 310 g/mol. The molecule has 1 N–H and O–H groups in total. The molecule has 0 unspecified atom stereocenters. The molecule has 4 nitrogen and oxygen atoms in total. The summed E-state index contributed by atoms with van der Waals surface area (Å²) in [5.74, 6) is 1.81. The molecule has 23 heavy (non-hydrogen) atoms. The van der Waals surface area contributed by atoms with E-state index in [-0.39, 0.29) is 0 Å². The van der Waals surface area contributed by atoms with Crippen molar-refractivity contribution in [3.05, 3.63) is 48.2 Å². The number of aryl methyl sites for hydroxylation is 1. The van der Waals surface area contributed by atoms with Crippen molar-refractivity contribution in [3.63, 3.8) is 0 Å². The standard InChI is InChI=1S/C19H26N4/c1-2-7-16-23(15-6-1)18-12-14-21-19(22-18)20-13-8-11-17-9-4-3-5-10-17/h3-5,9-10,12,14H,1-2,6-8,11,13,15-16H2,(H,20,21,22). The van der Waals surface area contributed by atoms with Crippen LogP contribution in [-0.2, 0) is 6.42 Å². The largest absolute Gasteiger partial charge is 0.356 e. The number of aromatic nitrogens is 2. The quantitative estimate of drug-likeness (QED) is 0.822. The molecule has 0 spiro atoms. The van der Waals surface area contributed by atoms with Crippen LogP contribution in [0, 0.1) is 0 Å². The van der Waals surface area contributed by atoms with Crippen LogP contribution >= 0.6 is 0 Å². The van der Waals surface area contributed by atoms with Crippen LogP contribution in [0.25, 0.3) is 0 Å². The van der Waals surface area contributed by atoms with Crippen LogP contribution in [0.3, 0.4) is 0 Å². The van der Waals surface area contributed by atoms with Gasteiger partial charge in [-0.25, -0.2) is 4.98 Å². The van der Waals surface area contributed by atoms with Crippen LogP contribution in [-0.4, -0.2) is 29.6 Å². The Hall–Kier alpha value is -2.10. The number of rotatable bonds is 6. The maximum absolute atomic E-state index is 4.69. The van der Waals surface area contributed by atoms with Crippen molar-refractivity contribution >= 4 is 11.8 Å². The molecule has 4 heteroatoms. The first kappa shape index (κ1) is 15.8. The zero-order valence-electron chi connectivity index (χ0n) is 13.7. The Balaban J connectivity index is 1.49. The second-order valence-electron chi connectivity index (χ2n) is 6.16. The van der Waals surface area contributed by atoms with Crippen LogP contribution in [0.4, 0.5) is 11.8 Å². The molecule has 0 amide bonds. The van der Waals surface area contributed by atoms with E-state index < -0.39 is 0 Å². The van der Waals surface area contributed by atoms with Gasteiger partial charge in [0.25, 0.3) is 0 Å². The Kier molecular flexibility index (Phi) is 5.84. The molecule has 0 radical (unpaired) electrons. The van der Waals surface area contributed by atoms with Gasteiger partial charge in [0.15, 0.2) is 0 Å². The van der Waals surface area contributed by atoms with E-state index in [2.05, 4.69) is 50.5 Å². The summed E-state index contributed by atoms with van der Waals surface area (Å²) in [6.45, 7) is 3.13. The van der Waals surface area contributed by atoms with Gasteiger partial charge in [-0.15, -0.1) is 0 Å². The minimum atomic E-state index is 0.750. The molecule has 1 aromatic carbocycles. The van der Waals surface area contributed by atoms with E-state index in [0.717, 1.165) is 44.2 Å². The Morgan fingerprint density at radius 3 is 2.52 bits per heavy atom. The lowest BCUT2D eigenvalue weighted by molar-refractivity contribution is 0.726. The van der Waals surface area contributed by atoms with E-state index in [1.54, 1.807) is 0 Å². The third-order valence-corrected chi connectivity index (χ3v) is 4.34. The van der Waals surface area contributed by atoms with Crippen molar-refractivity contribution in [2.24, 2.45) is 0 Å². The summed E-state index contributed by atoms with van der Waals surface area (Å²) in [7, 11) is 0. The highest BCUT2D eigenvalue weighted by atomic mass is 15.2. The lowest BCUT2D eigenvalue weighted by Gasteiger charge is -2.21. The van der Waals surface area contributed by atoms with Crippen LogP contribution in [0.5, 0.6) is 0 Å². The summed E-state index contributed by atoms with van der Waals surface area (Å²) >= 11 is 0. The molecule has 1 aromatic heterocycles. The van der Waals surface area contributed by atoms with E-state index in [1.165, 1.54) is 31.2 Å². The molecule has 0 saturated carbocycles. The van der Waals surface area contributed by atoms with Gasteiger partial charge in [0, 0.05) is 25.8 Å². The van der Waals surface area contributed by atoms with E-state index in [9.17, 15) is 0 Å². The highest BCUT2D eigenvalue weighted by Gasteiger charge is 2.11. The van der Waals surface area contributed by atoms with E-state index in [0.29, 0.717) is 0 Å². The number of nitrogens with zero attached hydrogens (tertiary/aromatic N) is 3. The second-order valence-corrected chi connectivity index (χ2v) is 6.16. The number of hydrogen-bond donors (Lipinski definition) is 1. The van der Waals surface area contributed by atoms with Crippen LogP contribution in [0.1, 0.15) is 37.7 Å². The van der Waals surface area contributed by atoms with Gasteiger partial charge in [-0.1, -0.05) is 43.2 Å². The van der Waals surface area contributed by atoms with Gasteiger partial charge in [0.2, 0.25) is 5.95 Å². The lowest BCUT2D eigenvalue weighted by Crippen LogP contribution is -2.25. The minimum Gasteiger partial charge on any atom is -0.356 e. The molecule has 0 atom stereocenters. The fourth-order valence-electron chi connectivity index (χ4n) is 3.05. The number of nitrogens with one attached hydrogen (secondary N) is 1. The molecular weight excluding hydrogens is 284 g/mol. The van der Waals surface area contributed by atoms with E-state index in [1.807, 2.05) is 12.3 Å². The lowest BCUT2D eigenvalue weighted by atomic mass is 10.1. The maximum Gasteiger partial charge on any atom is 0.224 e. The Labute approximate surface area is 139 Å². The first-order valence-electron chi connectivity index (χ1n) is 8.77. The van der Waals surface area contributed by atoms with Crippen molar-refractivity contribution in [2.75, 3.05) is 29.9 Å². The number of hydrogen-bond acceptors (Lipinski definition) is 4. The molecule has 3 rings (SSSR count). The van der Waals surface area contributed by atoms with Gasteiger partial charge in [-0.3, -0.25) is 0 Å². The summed E-state index contributed by atoms with van der Waals surface area (Å²) in [4.78, 5) is 11.4. The van der Waals surface area contributed by atoms with Gasteiger partial charge < -0.3 is 10.2 Å². The predicted octanol–water partition coefficient (Wildman–Crippen LogP) is 3.90. The normalized spacial score (nSPS) is 15.2. The van der Waals surface area contributed by atoms with Gasteiger partial charge in [-0.05, 0) is 37.3 Å². The molecule has 122 valence electrons. The first-order chi connectivity index (χ1) is 11.4. The van der Waals surface area contributed by atoms with Gasteiger partial charge in [0.05, 0.1) is 0 Å². The summed E-state index contributed by atoms with van der Waals surface area (Å²) in [5.41, 5.74) is 1.38. The second kappa shape index (κ2) is 8.51. The molecule has 1 aliphatic rings. The zero-order chi connectivity index (χ0) is 15.7. The van der Waals surface area contributed by atoms with Crippen molar-refractivity contribution in [3.8, 4) is 0 Å². The van der Waals surface area contributed by atoms with Crippen molar-refractivity contribution in [1.29, 1.82) is 0 Å². The minimum absolute atomic E-state index is 0.750. The average molecular weight is 310 g/mol. The SMILES string of the molecule is c1ccc(CCCNc2nccc(N3CCCCCC3)n2)cc1. The van der Waals surface area contributed by atoms with Crippen molar-refractivity contribution in [1.82, 2.24) is 9.97 Å². The topological polar surface area (TPSA) is 41.1 Å². The summed E-state index contributed by atoms with van der Waals surface area (Å²) in [5, 5.41) is 3.36. The smallest absolute Gasteiger partial charge is 0.224 e. The van der Waals surface area contributed by atoms with Crippen LogP contribution in [0.2, 0.25) is 0 Å². The highest BCUT2D eigenvalue weighted by Crippen LogP contribution is 2.17. The van der Waals surface area contributed by atoms with Gasteiger partial charge in [0.1, 0.15) is 5.82 Å². The molecule has 2 heterocycles. The summed E-state index contributed by atoms with van der Waals surface area (Å²) in [6, 6.07) is 12.6. The molecule has 2 aromatic rings. The summed E-state index contributed by atoms with van der Waals surface area (Å²) in [6.07, 6.45) is 9.25. The third-order valence-electron chi connectivity index (χ3n) is 4.34. The number of benzene rings is 1. The molecule has 1 aliphatic heterocycles. The molecule has 1 saturated heterocycles. The first-order valence-corrected chi connectivity index (χ1v) is 8.77. The fourth-order valence-corrected chi connectivity index (χ4v) is 3.05. The maximum atomic E-state index is 4.69. The third kappa shape index (κ3) is 4.95. The van der Waals surface area contributed by atoms with Crippen LogP contribution in [0.15, 0.2) is 42.6 Å². The fraction of sp³-hybridized carbons (Fsp3) is 0.474. The van der Waals surface area contributed by atoms with Crippen LogP contribution < -0.4 is 10.2 Å². The average Bonchev–Trinajstić information content (AvgIpc) is 2.89. The molecule has 0 bridgehead atoms. The Morgan fingerprint density at radius 1 is 0.957 bits per heavy atom. The number of anilines is 2. The summed E-state index contributed by atoms with van der Waals surface area (Å²) < 4.78 is 0. The molecular formula is C19H26N4. The van der Waals surface area contributed by atoms with Gasteiger partial charge in [-0.2, -0.15) is 4.98 Å². The van der Waals surface area contributed by atoms with Gasteiger partial charge >= 0.3 is 0 Å². The highest BCUT2D eigenvalue weighted by molar-refractivity contribution is 5.42. The van der Waals surface area contributed by atoms with Crippen molar-refractivity contribution < 1.29 is 0 Å². The predicted molar refractivity (Wildman–Crippen MR) is 96.0 cm³/mol. The molecule has 1 fully saturated rings. The van der Waals surface area contributed by atoms with Crippen molar-refractivity contribution in [2.45, 2.75) is 38.5 Å². The molecule has 0 aliphatic carbocycles. The Bertz CT molecular complexity index is 577. The zero-order valence-corrected chi connectivity index (χ0v) is 13.7. The van der Waals surface area contributed by atoms with E-state index in [4.69, 9.17) is 0 Å². The van der Waals surface area contributed by atoms with E-state index >= 15 is 0 Å².